The van der Waals surface area contributed by atoms with Gasteiger partial charge in [-0.15, -0.1) is 12.4 Å². The summed E-state index contributed by atoms with van der Waals surface area (Å²) in [6.07, 6.45) is 2.74. The van der Waals surface area contributed by atoms with E-state index in [-0.39, 0.29) is 35.9 Å². The van der Waals surface area contributed by atoms with Crippen molar-refractivity contribution >= 4 is 28.4 Å². The highest BCUT2D eigenvalue weighted by atomic mass is 35.5. The van der Waals surface area contributed by atoms with Crippen LogP contribution in [0, 0.1) is 5.92 Å². The molecule has 0 amide bonds. The first-order valence-electron chi connectivity index (χ1n) is 7.47. The molecule has 1 saturated carbocycles. The average Bonchev–Trinajstić information content (AvgIpc) is 2.94. The van der Waals surface area contributed by atoms with Crippen LogP contribution in [0.15, 0.2) is 29.2 Å². The monoisotopic (exact) mass is 362 g/mol. The smallest absolute Gasteiger partial charge is 0.338 e. The Labute approximate surface area is 143 Å². The summed E-state index contributed by atoms with van der Waals surface area (Å²) >= 11 is 0. The molecule has 1 aromatic rings. The topological polar surface area (TPSA) is 98.5 Å². The fourth-order valence-electron chi connectivity index (χ4n) is 2.73. The summed E-state index contributed by atoms with van der Waals surface area (Å²) in [6, 6.07) is 5.64. The number of rotatable bonds is 6. The molecule has 1 aliphatic carbocycles. The summed E-state index contributed by atoms with van der Waals surface area (Å²) in [5.74, 6) is -0.271. The highest BCUT2D eigenvalue weighted by Gasteiger charge is 2.30. The Balaban J connectivity index is 0.00000264. The molecule has 2 rings (SSSR count). The van der Waals surface area contributed by atoms with Crippen LogP contribution in [0.1, 0.15) is 36.5 Å². The molecule has 1 fully saturated rings. The molecule has 130 valence electrons. The molecule has 0 saturated heterocycles. The zero-order chi connectivity index (χ0) is 16.2. The standard InChI is InChI=1S/C15H22N2O4S.ClH/c1-2-21-15(18)11-6-8-13(9-7-11)22(19,20)17-14-5-3-4-12(14)10-16;/h6-9,12,14,17H,2-5,10,16H2,1H3;1H. The molecule has 0 bridgehead atoms. The SMILES string of the molecule is CCOC(=O)c1ccc(S(=O)(=O)NC2CCCC2CN)cc1.Cl. The van der Waals surface area contributed by atoms with Gasteiger partial charge in [0.25, 0.3) is 0 Å². The molecule has 6 nitrogen and oxygen atoms in total. The van der Waals surface area contributed by atoms with Crippen molar-refractivity contribution in [3.63, 3.8) is 0 Å². The molecule has 0 aromatic heterocycles. The van der Waals surface area contributed by atoms with E-state index in [0.717, 1.165) is 19.3 Å². The number of ether oxygens (including phenoxy) is 1. The second kappa shape index (κ2) is 8.63. The van der Waals surface area contributed by atoms with Crippen molar-refractivity contribution in [3.8, 4) is 0 Å². The largest absolute Gasteiger partial charge is 0.462 e. The van der Waals surface area contributed by atoms with Crippen LogP contribution >= 0.6 is 12.4 Å². The summed E-state index contributed by atoms with van der Waals surface area (Å²) in [7, 11) is -3.60. The molecule has 2 unspecified atom stereocenters. The van der Waals surface area contributed by atoms with Crippen molar-refractivity contribution in [3.05, 3.63) is 29.8 Å². The van der Waals surface area contributed by atoms with E-state index >= 15 is 0 Å². The third-order valence-electron chi connectivity index (χ3n) is 3.94. The Kier molecular flexibility index (Phi) is 7.47. The number of carbonyl (C=O) groups is 1. The number of nitrogens with one attached hydrogen (secondary N) is 1. The number of hydrogen-bond acceptors (Lipinski definition) is 5. The molecule has 0 heterocycles. The Hall–Kier alpha value is -1.15. The van der Waals surface area contributed by atoms with E-state index < -0.39 is 16.0 Å². The van der Waals surface area contributed by atoms with Gasteiger partial charge >= 0.3 is 5.97 Å². The van der Waals surface area contributed by atoms with E-state index in [1.807, 2.05) is 0 Å². The van der Waals surface area contributed by atoms with Gasteiger partial charge in [-0.3, -0.25) is 0 Å². The van der Waals surface area contributed by atoms with Gasteiger partial charge in [-0.05, 0) is 56.5 Å². The van der Waals surface area contributed by atoms with Gasteiger partial charge < -0.3 is 10.5 Å². The minimum Gasteiger partial charge on any atom is -0.462 e. The van der Waals surface area contributed by atoms with Crippen LogP contribution in [0.4, 0.5) is 0 Å². The van der Waals surface area contributed by atoms with Gasteiger partial charge in [0.1, 0.15) is 0 Å². The van der Waals surface area contributed by atoms with Crippen molar-refractivity contribution in [1.82, 2.24) is 4.72 Å². The van der Waals surface area contributed by atoms with Crippen molar-refractivity contribution in [2.45, 2.75) is 37.1 Å². The normalized spacial score (nSPS) is 20.8. The average molecular weight is 363 g/mol. The van der Waals surface area contributed by atoms with E-state index in [1.165, 1.54) is 24.3 Å². The predicted octanol–water partition coefficient (Wildman–Crippen LogP) is 1.69. The van der Waals surface area contributed by atoms with Crippen molar-refractivity contribution in [2.24, 2.45) is 11.7 Å². The van der Waals surface area contributed by atoms with Crippen molar-refractivity contribution in [2.75, 3.05) is 13.2 Å². The predicted molar refractivity (Wildman–Crippen MR) is 90.2 cm³/mol. The van der Waals surface area contributed by atoms with Gasteiger partial charge in [-0.1, -0.05) is 6.42 Å². The van der Waals surface area contributed by atoms with E-state index in [9.17, 15) is 13.2 Å². The third-order valence-corrected chi connectivity index (χ3v) is 5.45. The second-order valence-corrected chi connectivity index (χ2v) is 7.11. The quantitative estimate of drug-likeness (QED) is 0.750. The maximum Gasteiger partial charge on any atom is 0.338 e. The lowest BCUT2D eigenvalue weighted by atomic mass is 10.1. The van der Waals surface area contributed by atoms with Crippen LogP contribution in [0.3, 0.4) is 0 Å². The van der Waals surface area contributed by atoms with Gasteiger partial charge in [-0.25, -0.2) is 17.9 Å². The van der Waals surface area contributed by atoms with Crippen LogP contribution in [-0.2, 0) is 14.8 Å². The van der Waals surface area contributed by atoms with Crippen molar-refractivity contribution in [1.29, 1.82) is 0 Å². The minimum atomic E-state index is -3.60. The molecule has 0 radical (unpaired) electrons. The number of sulfonamides is 1. The van der Waals surface area contributed by atoms with Crippen LogP contribution in [0.25, 0.3) is 0 Å². The molecule has 1 aliphatic rings. The molecule has 8 heteroatoms. The van der Waals surface area contributed by atoms with Crippen LogP contribution in [-0.4, -0.2) is 33.6 Å². The Morgan fingerprint density at radius 2 is 1.96 bits per heavy atom. The summed E-state index contributed by atoms with van der Waals surface area (Å²) in [5.41, 5.74) is 6.01. The summed E-state index contributed by atoms with van der Waals surface area (Å²) < 4.78 is 32.4. The van der Waals surface area contributed by atoms with Crippen LogP contribution < -0.4 is 10.5 Å². The lowest BCUT2D eigenvalue weighted by Crippen LogP contribution is -2.39. The second-order valence-electron chi connectivity index (χ2n) is 5.40. The van der Waals surface area contributed by atoms with Gasteiger partial charge in [0, 0.05) is 6.04 Å². The highest BCUT2D eigenvalue weighted by molar-refractivity contribution is 7.89. The van der Waals surface area contributed by atoms with Gasteiger partial charge in [-0.2, -0.15) is 0 Å². The Bertz CT molecular complexity index is 619. The molecule has 23 heavy (non-hydrogen) atoms. The van der Waals surface area contributed by atoms with Crippen LogP contribution in [0.5, 0.6) is 0 Å². The molecule has 3 N–H and O–H groups in total. The zero-order valence-corrected chi connectivity index (χ0v) is 14.7. The first kappa shape index (κ1) is 19.9. The summed E-state index contributed by atoms with van der Waals surface area (Å²) in [5, 5.41) is 0. The lowest BCUT2D eigenvalue weighted by molar-refractivity contribution is 0.0526. The van der Waals surface area contributed by atoms with E-state index in [0.29, 0.717) is 12.1 Å². The lowest BCUT2D eigenvalue weighted by Gasteiger charge is -2.19. The van der Waals surface area contributed by atoms with Crippen molar-refractivity contribution < 1.29 is 17.9 Å². The molecule has 0 aliphatic heterocycles. The fourth-order valence-corrected chi connectivity index (χ4v) is 4.07. The fraction of sp³-hybridized carbons (Fsp3) is 0.533. The minimum absolute atomic E-state index is 0. The first-order chi connectivity index (χ1) is 10.5. The van der Waals surface area contributed by atoms with Gasteiger partial charge in [0.05, 0.1) is 17.1 Å². The third kappa shape index (κ3) is 4.91. The molecule has 0 spiro atoms. The molecule has 2 atom stereocenters. The molecular formula is C15H23ClN2O4S. The van der Waals surface area contributed by atoms with Crippen LogP contribution in [0.2, 0.25) is 0 Å². The van der Waals surface area contributed by atoms with E-state index in [2.05, 4.69) is 4.72 Å². The summed E-state index contributed by atoms with van der Waals surface area (Å²) in [6.45, 7) is 2.48. The number of nitrogens with two attached hydrogens (primary N) is 1. The molecule has 1 aromatic carbocycles. The number of esters is 1. The summed E-state index contributed by atoms with van der Waals surface area (Å²) in [4.78, 5) is 11.7. The number of hydrogen-bond donors (Lipinski definition) is 2. The highest BCUT2D eigenvalue weighted by Crippen LogP contribution is 2.26. The number of halogens is 1. The number of carbonyl (C=O) groups excluding carboxylic acids is 1. The Morgan fingerprint density at radius 1 is 1.30 bits per heavy atom. The zero-order valence-electron chi connectivity index (χ0n) is 13.0. The number of benzene rings is 1. The first-order valence-corrected chi connectivity index (χ1v) is 8.96. The maximum atomic E-state index is 12.4. The van der Waals surface area contributed by atoms with Gasteiger partial charge in [0.15, 0.2) is 0 Å². The Morgan fingerprint density at radius 3 is 2.52 bits per heavy atom. The van der Waals surface area contributed by atoms with E-state index in [1.54, 1.807) is 6.92 Å². The van der Waals surface area contributed by atoms with Gasteiger partial charge in [0.2, 0.25) is 10.0 Å². The molecular weight excluding hydrogens is 340 g/mol. The maximum absolute atomic E-state index is 12.4. The van der Waals surface area contributed by atoms with E-state index in [4.69, 9.17) is 10.5 Å².